The van der Waals surface area contributed by atoms with Gasteiger partial charge in [0, 0.05) is 10.3 Å². The summed E-state index contributed by atoms with van der Waals surface area (Å²) in [4.78, 5) is 0.832. The molecule has 2 nitrogen and oxygen atoms in total. The molecular weight excluding hydrogens is 285 g/mol. The Morgan fingerprint density at radius 3 is 2.84 bits per heavy atom. The maximum atomic E-state index is 13.6. The van der Waals surface area contributed by atoms with Crippen LogP contribution < -0.4 is 5.73 Å². The molecule has 19 heavy (non-hydrogen) atoms. The summed E-state index contributed by atoms with van der Waals surface area (Å²) >= 11 is 7.68. The fourth-order valence-electron chi connectivity index (χ4n) is 1.99. The van der Waals surface area contributed by atoms with E-state index in [1.165, 1.54) is 17.4 Å². The molecule has 0 radical (unpaired) electrons. The summed E-state index contributed by atoms with van der Waals surface area (Å²) in [7, 11) is 0. The Hall–Kier alpha value is -1.36. The van der Waals surface area contributed by atoms with Crippen LogP contribution in [0.3, 0.4) is 0 Å². The highest BCUT2D eigenvalue weighted by molar-refractivity contribution is 7.10. The molecule has 0 aliphatic heterocycles. The van der Waals surface area contributed by atoms with Gasteiger partial charge in [-0.05, 0) is 30.0 Å². The van der Waals surface area contributed by atoms with Crippen LogP contribution in [-0.4, -0.2) is 0 Å². The van der Waals surface area contributed by atoms with Crippen molar-refractivity contribution in [3.8, 4) is 0 Å². The van der Waals surface area contributed by atoms with Crippen molar-refractivity contribution < 1.29 is 8.81 Å². The molecule has 0 spiro atoms. The van der Waals surface area contributed by atoms with E-state index in [4.69, 9.17) is 21.8 Å². The predicted octanol–water partition coefficient (Wildman–Crippen LogP) is 4.64. The lowest BCUT2D eigenvalue weighted by molar-refractivity contribution is 0.504. The van der Waals surface area contributed by atoms with E-state index >= 15 is 0 Å². The van der Waals surface area contributed by atoms with E-state index in [1.807, 2.05) is 12.3 Å². The zero-order chi connectivity index (χ0) is 13.6. The van der Waals surface area contributed by atoms with Crippen molar-refractivity contribution in [2.75, 3.05) is 0 Å². The Morgan fingerprint density at radius 1 is 1.42 bits per heavy atom. The molecule has 1 unspecified atom stereocenters. The SMILES string of the molecule is Cc1csc(C(N)c2cc3cccc(F)c3o2)c1Cl. The Bertz CT molecular complexity index is 749. The van der Waals surface area contributed by atoms with Crippen molar-refractivity contribution >= 4 is 33.9 Å². The largest absolute Gasteiger partial charge is 0.456 e. The highest BCUT2D eigenvalue weighted by atomic mass is 35.5. The van der Waals surface area contributed by atoms with Crippen molar-refractivity contribution in [2.45, 2.75) is 13.0 Å². The zero-order valence-corrected chi connectivity index (χ0v) is 11.7. The number of furan rings is 1. The fourth-order valence-corrected chi connectivity index (χ4v) is 3.31. The molecular formula is C14H11ClFNOS. The molecule has 0 amide bonds. The van der Waals surface area contributed by atoms with E-state index in [1.54, 1.807) is 18.2 Å². The number of rotatable bonds is 2. The topological polar surface area (TPSA) is 39.2 Å². The first kappa shape index (κ1) is 12.7. The molecule has 0 saturated carbocycles. The summed E-state index contributed by atoms with van der Waals surface area (Å²) in [6, 6.07) is 6.08. The van der Waals surface area contributed by atoms with Crippen molar-refractivity contribution in [3.05, 3.63) is 56.7 Å². The van der Waals surface area contributed by atoms with Crippen LogP contribution >= 0.6 is 22.9 Å². The smallest absolute Gasteiger partial charge is 0.169 e. The van der Waals surface area contributed by atoms with Crippen molar-refractivity contribution in [3.63, 3.8) is 0 Å². The summed E-state index contributed by atoms with van der Waals surface area (Å²) in [6.45, 7) is 1.92. The average molecular weight is 296 g/mol. The van der Waals surface area contributed by atoms with E-state index in [2.05, 4.69) is 0 Å². The van der Waals surface area contributed by atoms with Gasteiger partial charge in [-0.2, -0.15) is 0 Å². The lowest BCUT2D eigenvalue weighted by atomic mass is 10.1. The molecule has 0 aliphatic carbocycles. The number of halogens is 2. The second kappa shape index (κ2) is 4.63. The van der Waals surface area contributed by atoms with Crippen LogP contribution in [0.2, 0.25) is 5.02 Å². The molecule has 0 fully saturated rings. The Labute approximate surface area is 118 Å². The fraction of sp³-hybridized carbons (Fsp3) is 0.143. The van der Waals surface area contributed by atoms with Crippen LogP contribution in [0.1, 0.15) is 22.2 Å². The molecule has 98 valence electrons. The predicted molar refractivity (Wildman–Crippen MR) is 76.3 cm³/mol. The molecule has 3 rings (SSSR count). The molecule has 1 atom stereocenters. The molecule has 3 aromatic rings. The van der Waals surface area contributed by atoms with E-state index in [-0.39, 0.29) is 11.4 Å². The van der Waals surface area contributed by atoms with Crippen LogP contribution in [0.4, 0.5) is 4.39 Å². The summed E-state index contributed by atoms with van der Waals surface area (Å²) in [5, 5.41) is 3.30. The van der Waals surface area contributed by atoms with E-state index in [9.17, 15) is 4.39 Å². The molecule has 2 heterocycles. The standard InChI is InChI=1S/C14H11ClFNOS/c1-7-6-19-14(11(7)15)12(17)10-5-8-3-2-4-9(16)13(8)18-10/h2-6,12H,17H2,1H3. The van der Waals surface area contributed by atoms with Gasteiger partial charge in [0.1, 0.15) is 5.76 Å². The monoisotopic (exact) mass is 295 g/mol. The number of aryl methyl sites for hydroxylation is 1. The van der Waals surface area contributed by atoms with Gasteiger partial charge >= 0.3 is 0 Å². The van der Waals surface area contributed by atoms with Gasteiger partial charge in [-0.3, -0.25) is 0 Å². The summed E-state index contributed by atoms with van der Waals surface area (Å²) in [5.41, 5.74) is 7.37. The highest BCUT2D eigenvalue weighted by Crippen LogP contribution is 2.36. The number of nitrogens with two attached hydrogens (primary N) is 1. The molecule has 5 heteroatoms. The first-order valence-corrected chi connectivity index (χ1v) is 7.00. The summed E-state index contributed by atoms with van der Waals surface area (Å²) < 4.78 is 19.1. The van der Waals surface area contributed by atoms with E-state index in [0.29, 0.717) is 16.2 Å². The number of hydrogen-bond acceptors (Lipinski definition) is 3. The number of para-hydroxylation sites is 1. The maximum absolute atomic E-state index is 13.6. The third-order valence-corrected chi connectivity index (χ3v) is 4.83. The zero-order valence-electron chi connectivity index (χ0n) is 10.1. The third kappa shape index (κ3) is 2.06. The maximum Gasteiger partial charge on any atom is 0.169 e. The Morgan fingerprint density at radius 2 is 2.21 bits per heavy atom. The molecule has 0 aliphatic rings. The minimum Gasteiger partial charge on any atom is -0.456 e. The van der Waals surface area contributed by atoms with E-state index < -0.39 is 6.04 Å². The van der Waals surface area contributed by atoms with Crippen LogP contribution in [0.15, 0.2) is 34.1 Å². The van der Waals surface area contributed by atoms with Gasteiger partial charge in [0.25, 0.3) is 0 Å². The highest BCUT2D eigenvalue weighted by Gasteiger charge is 2.20. The lowest BCUT2D eigenvalue weighted by Crippen LogP contribution is -2.09. The lowest BCUT2D eigenvalue weighted by Gasteiger charge is -2.06. The van der Waals surface area contributed by atoms with Gasteiger partial charge in [0.15, 0.2) is 11.4 Å². The first-order chi connectivity index (χ1) is 9.08. The van der Waals surface area contributed by atoms with Crippen LogP contribution in [-0.2, 0) is 0 Å². The minimum atomic E-state index is -0.474. The van der Waals surface area contributed by atoms with Crippen molar-refractivity contribution in [2.24, 2.45) is 5.73 Å². The number of fused-ring (bicyclic) bond motifs is 1. The summed E-state index contributed by atoms with van der Waals surface area (Å²) in [6.07, 6.45) is 0. The van der Waals surface area contributed by atoms with Gasteiger partial charge in [-0.1, -0.05) is 23.7 Å². The molecule has 0 saturated heterocycles. The average Bonchev–Trinajstić information content (AvgIpc) is 2.95. The van der Waals surface area contributed by atoms with Crippen LogP contribution in [0.25, 0.3) is 11.0 Å². The molecule has 2 N–H and O–H groups in total. The normalized spacial score (nSPS) is 13.1. The number of thiophene rings is 1. The second-order valence-corrected chi connectivity index (χ2v) is 5.67. The quantitative estimate of drug-likeness (QED) is 0.748. The van der Waals surface area contributed by atoms with Gasteiger partial charge in [-0.25, -0.2) is 4.39 Å². The number of benzene rings is 1. The van der Waals surface area contributed by atoms with Gasteiger partial charge in [0.05, 0.1) is 11.1 Å². The van der Waals surface area contributed by atoms with Crippen LogP contribution in [0.5, 0.6) is 0 Å². The summed E-state index contributed by atoms with van der Waals surface area (Å²) in [5.74, 6) is 0.133. The third-order valence-electron chi connectivity index (χ3n) is 3.03. The van der Waals surface area contributed by atoms with Crippen molar-refractivity contribution in [1.82, 2.24) is 0 Å². The minimum absolute atomic E-state index is 0.234. The van der Waals surface area contributed by atoms with E-state index in [0.717, 1.165) is 10.4 Å². The van der Waals surface area contributed by atoms with Gasteiger partial charge < -0.3 is 10.2 Å². The molecule has 1 aromatic carbocycles. The first-order valence-electron chi connectivity index (χ1n) is 5.75. The Kier molecular flexibility index (Phi) is 3.09. The molecule has 0 bridgehead atoms. The van der Waals surface area contributed by atoms with Gasteiger partial charge in [0.2, 0.25) is 0 Å². The van der Waals surface area contributed by atoms with Crippen LogP contribution in [0, 0.1) is 12.7 Å². The number of hydrogen-bond donors (Lipinski definition) is 1. The molecule has 2 aromatic heterocycles. The van der Waals surface area contributed by atoms with Gasteiger partial charge in [-0.15, -0.1) is 11.3 Å². The van der Waals surface area contributed by atoms with Crippen molar-refractivity contribution in [1.29, 1.82) is 0 Å². The second-order valence-electron chi connectivity index (χ2n) is 4.38. The Balaban J connectivity index is 2.09.